The molecule has 0 aliphatic heterocycles. The summed E-state index contributed by atoms with van der Waals surface area (Å²) in [4.78, 5) is 11.5. The van der Waals surface area contributed by atoms with Crippen molar-refractivity contribution in [3.63, 3.8) is 0 Å². The van der Waals surface area contributed by atoms with Crippen molar-refractivity contribution in [3.05, 3.63) is 28.8 Å². The van der Waals surface area contributed by atoms with Gasteiger partial charge in [0, 0.05) is 6.26 Å². The second-order valence-corrected chi connectivity index (χ2v) is 8.31. The SMILES string of the molecule is CS(=O)(=O)c1ccc(C(CC2CC[C@@H](O)C2)C(=O)O)cc1Cl. The minimum absolute atomic E-state index is 0.00153. The van der Waals surface area contributed by atoms with E-state index in [-0.39, 0.29) is 21.9 Å². The summed E-state index contributed by atoms with van der Waals surface area (Å²) in [6, 6.07) is 4.28. The molecule has 1 aliphatic carbocycles. The summed E-state index contributed by atoms with van der Waals surface area (Å²) >= 11 is 5.99. The van der Waals surface area contributed by atoms with Crippen LogP contribution < -0.4 is 0 Å². The Morgan fingerprint density at radius 3 is 2.55 bits per heavy atom. The molecule has 0 saturated heterocycles. The maximum Gasteiger partial charge on any atom is 0.310 e. The van der Waals surface area contributed by atoms with Gasteiger partial charge in [-0.05, 0) is 49.3 Å². The van der Waals surface area contributed by atoms with Crippen LogP contribution in [-0.2, 0) is 14.6 Å². The number of aliphatic hydroxyl groups is 1. The van der Waals surface area contributed by atoms with Gasteiger partial charge in [-0.1, -0.05) is 17.7 Å². The molecule has 1 aromatic rings. The third-order valence-electron chi connectivity index (χ3n) is 4.14. The number of benzene rings is 1. The molecule has 0 heterocycles. The summed E-state index contributed by atoms with van der Waals surface area (Å²) < 4.78 is 23.1. The third-order valence-corrected chi connectivity index (χ3v) is 5.72. The van der Waals surface area contributed by atoms with E-state index in [1.807, 2.05) is 0 Å². The first-order chi connectivity index (χ1) is 10.2. The van der Waals surface area contributed by atoms with Crippen LogP contribution in [0.15, 0.2) is 23.1 Å². The zero-order chi connectivity index (χ0) is 16.5. The fourth-order valence-electron chi connectivity index (χ4n) is 3.01. The highest BCUT2D eigenvalue weighted by Gasteiger charge is 2.30. The predicted molar refractivity (Wildman–Crippen MR) is 82.9 cm³/mol. The zero-order valence-electron chi connectivity index (χ0n) is 12.2. The van der Waals surface area contributed by atoms with Crippen molar-refractivity contribution in [3.8, 4) is 0 Å². The molecule has 1 aromatic carbocycles. The first-order valence-corrected chi connectivity index (χ1v) is 9.35. The van der Waals surface area contributed by atoms with E-state index in [0.717, 1.165) is 12.7 Å². The van der Waals surface area contributed by atoms with Crippen LogP contribution in [0.4, 0.5) is 0 Å². The zero-order valence-corrected chi connectivity index (χ0v) is 13.8. The first-order valence-electron chi connectivity index (χ1n) is 7.09. The monoisotopic (exact) mass is 346 g/mol. The average molecular weight is 347 g/mol. The molecule has 1 aliphatic rings. The Bertz CT molecular complexity index is 671. The van der Waals surface area contributed by atoms with Gasteiger partial charge in [-0.15, -0.1) is 0 Å². The summed E-state index contributed by atoms with van der Waals surface area (Å²) in [5.41, 5.74) is 0.492. The molecule has 2 unspecified atom stereocenters. The van der Waals surface area contributed by atoms with Crippen molar-refractivity contribution in [2.45, 2.75) is 42.6 Å². The number of carbonyl (C=O) groups is 1. The fourth-order valence-corrected chi connectivity index (χ4v) is 4.35. The Hall–Kier alpha value is -1.11. The number of carboxylic acid groups (broad SMARTS) is 1. The standard InChI is InChI=1S/C15H19ClO5S/c1-22(20,21)14-5-3-10(8-13(14)16)12(15(18)19)7-9-2-4-11(17)6-9/h3,5,8-9,11-12,17H,2,4,6-7H2,1H3,(H,18,19)/t9?,11-,12?/m1/s1. The molecular weight excluding hydrogens is 328 g/mol. The lowest BCUT2D eigenvalue weighted by Crippen LogP contribution is -2.16. The van der Waals surface area contributed by atoms with E-state index >= 15 is 0 Å². The van der Waals surface area contributed by atoms with Gasteiger partial charge < -0.3 is 10.2 Å². The molecule has 0 bridgehead atoms. The highest BCUT2D eigenvalue weighted by Crippen LogP contribution is 2.36. The van der Waals surface area contributed by atoms with E-state index in [1.54, 1.807) is 0 Å². The number of halogens is 1. The minimum atomic E-state index is -3.44. The van der Waals surface area contributed by atoms with Crippen LogP contribution in [0.2, 0.25) is 5.02 Å². The van der Waals surface area contributed by atoms with Gasteiger partial charge in [0.1, 0.15) is 0 Å². The molecule has 0 radical (unpaired) electrons. The number of aliphatic carboxylic acids is 1. The Morgan fingerprint density at radius 1 is 1.41 bits per heavy atom. The Morgan fingerprint density at radius 2 is 2.09 bits per heavy atom. The van der Waals surface area contributed by atoms with E-state index in [2.05, 4.69) is 0 Å². The molecule has 0 aromatic heterocycles. The lowest BCUT2D eigenvalue weighted by atomic mass is 9.88. The van der Waals surface area contributed by atoms with Crippen molar-refractivity contribution in [1.29, 1.82) is 0 Å². The number of hydrogen-bond donors (Lipinski definition) is 2. The van der Waals surface area contributed by atoms with Gasteiger partial charge >= 0.3 is 5.97 Å². The first kappa shape index (κ1) is 17.2. The topological polar surface area (TPSA) is 91.7 Å². The smallest absolute Gasteiger partial charge is 0.310 e. The molecule has 0 amide bonds. The molecule has 5 nitrogen and oxygen atoms in total. The van der Waals surface area contributed by atoms with Crippen LogP contribution >= 0.6 is 11.6 Å². The molecular formula is C15H19ClO5S. The van der Waals surface area contributed by atoms with Crippen LogP contribution in [0.3, 0.4) is 0 Å². The number of sulfone groups is 1. The van der Waals surface area contributed by atoms with Gasteiger partial charge in [0.05, 0.1) is 21.9 Å². The Labute approximate surface area is 134 Å². The number of aliphatic hydroxyl groups excluding tert-OH is 1. The summed E-state index contributed by atoms with van der Waals surface area (Å²) in [6.07, 6.45) is 3.24. The molecule has 2 rings (SSSR count). The highest BCUT2D eigenvalue weighted by atomic mass is 35.5. The number of rotatable bonds is 5. The van der Waals surface area contributed by atoms with E-state index in [4.69, 9.17) is 11.6 Å². The summed E-state index contributed by atoms with van der Waals surface area (Å²) in [5, 5.41) is 19.0. The minimum Gasteiger partial charge on any atom is -0.481 e. The highest BCUT2D eigenvalue weighted by molar-refractivity contribution is 7.90. The summed E-state index contributed by atoms with van der Waals surface area (Å²) in [7, 11) is -3.44. The van der Waals surface area contributed by atoms with Crippen LogP contribution in [0.5, 0.6) is 0 Å². The van der Waals surface area contributed by atoms with E-state index in [1.165, 1.54) is 18.2 Å². The quantitative estimate of drug-likeness (QED) is 0.854. The lowest BCUT2D eigenvalue weighted by Gasteiger charge is -2.18. The summed E-state index contributed by atoms with van der Waals surface area (Å²) in [6.45, 7) is 0. The number of hydrogen-bond acceptors (Lipinski definition) is 4. The van der Waals surface area contributed by atoms with Crippen molar-refractivity contribution < 1.29 is 23.4 Å². The van der Waals surface area contributed by atoms with Crippen LogP contribution in [0.1, 0.15) is 37.2 Å². The van der Waals surface area contributed by atoms with Gasteiger partial charge in [-0.25, -0.2) is 8.42 Å². The van der Waals surface area contributed by atoms with Gasteiger partial charge in [-0.3, -0.25) is 4.79 Å². The van der Waals surface area contributed by atoms with Gasteiger partial charge in [0.2, 0.25) is 0 Å². The predicted octanol–water partition coefficient (Wildman–Crippen LogP) is 2.46. The largest absolute Gasteiger partial charge is 0.481 e. The van der Waals surface area contributed by atoms with Crippen molar-refractivity contribution in [1.82, 2.24) is 0 Å². The van der Waals surface area contributed by atoms with Crippen LogP contribution in [-0.4, -0.2) is 37.0 Å². The molecule has 1 saturated carbocycles. The van der Waals surface area contributed by atoms with E-state index < -0.39 is 21.7 Å². The molecule has 22 heavy (non-hydrogen) atoms. The molecule has 122 valence electrons. The average Bonchev–Trinajstić information content (AvgIpc) is 2.79. The third kappa shape index (κ3) is 4.00. The van der Waals surface area contributed by atoms with Gasteiger partial charge in [0.15, 0.2) is 9.84 Å². The normalized spacial score (nSPS) is 23.4. The van der Waals surface area contributed by atoms with Crippen molar-refractivity contribution in [2.24, 2.45) is 5.92 Å². The second-order valence-electron chi connectivity index (χ2n) is 5.92. The maximum atomic E-state index is 11.6. The Balaban J connectivity index is 2.26. The Kier molecular flexibility index (Phi) is 5.14. The molecule has 7 heteroatoms. The maximum absolute atomic E-state index is 11.6. The lowest BCUT2D eigenvalue weighted by molar-refractivity contribution is -0.139. The second kappa shape index (κ2) is 6.56. The number of carboxylic acids is 1. The van der Waals surface area contributed by atoms with Crippen molar-refractivity contribution >= 4 is 27.4 Å². The van der Waals surface area contributed by atoms with Crippen molar-refractivity contribution in [2.75, 3.05) is 6.26 Å². The van der Waals surface area contributed by atoms with E-state index in [9.17, 15) is 23.4 Å². The summed E-state index contributed by atoms with van der Waals surface area (Å²) in [5.74, 6) is -1.56. The van der Waals surface area contributed by atoms with Gasteiger partial charge in [-0.2, -0.15) is 0 Å². The van der Waals surface area contributed by atoms with Crippen LogP contribution in [0.25, 0.3) is 0 Å². The molecule has 2 N–H and O–H groups in total. The fraction of sp³-hybridized carbons (Fsp3) is 0.533. The van der Waals surface area contributed by atoms with Crippen LogP contribution in [0, 0.1) is 5.92 Å². The van der Waals surface area contributed by atoms with Gasteiger partial charge in [0.25, 0.3) is 0 Å². The molecule has 0 spiro atoms. The van der Waals surface area contributed by atoms with E-state index in [0.29, 0.717) is 24.8 Å². The molecule has 1 fully saturated rings. The molecule has 3 atom stereocenters.